The van der Waals surface area contributed by atoms with E-state index >= 15 is 0 Å². The van der Waals surface area contributed by atoms with Gasteiger partial charge in [-0.3, -0.25) is 4.79 Å². The van der Waals surface area contributed by atoms with Crippen molar-refractivity contribution in [2.45, 2.75) is 26.2 Å². The third-order valence-electron chi connectivity index (χ3n) is 2.98. The zero-order chi connectivity index (χ0) is 13.0. The Balaban J connectivity index is 2.05. The molecule has 1 aromatic heterocycles. The van der Waals surface area contributed by atoms with Gasteiger partial charge >= 0.3 is 0 Å². The number of aromatic nitrogens is 2. The molecule has 1 heterocycles. The summed E-state index contributed by atoms with van der Waals surface area (Å²) >= 11 is 0. The highest BCUT2D eigenvalue weighted by Gasteiger charge is 2.27. The third kappa shape index (κ3) is 3.16. The fourth-order valence-electron chi connectivity index (χ4n) is 1.83. The lowest BCUT2D eigenvalue weighted by Gasteiger charge is -2.21. The van der Waals surface area contributed by atoms with Crippen molar-refractivity contribution in [3.8, 4) is 0 Å². The van der Waals surface area contributed by atoms with Gasteiger partial charge in [-0.25, -0.2) is 15.8 Å². The monoisotopic (exact) mass is 249 g/mol. The van der Waals surface area contributed by atoms with Crippen LogP contribution in [-0.4, -0.2) is 33.9 Å². The summed E-state index contributed by atoms with van der Waals surface area (Å²) in [5.74, 6) is 6.30. The van der Waals surface area contributed by atoms with E-state index in [0.717, 1.165) is 19.5 Å². The Morgan fingerprint density at radius 1 is 1.50 bits per heavy atom. The SMILES string of the molecule is CCCN(CC1CC1)C(=O)c1cnc(NN)cn1. The van der Waals surface area contributed by atoms with Crippen molar-refractivity contribution >= 4 is 11.7 Å². The Morgan fingerprint density at radius 3 is 2.78 bits per heavy atom. The van der Waals surface area contributed by atoms with E-state index in [1.54, 1.807) is 0 Å². The van der Waals surface area contributed by atoms with Gasteiger partial charge in [0.05, 0.1) is 12.4 Å². The van der Waals surface area contributed by atoms with Gasteiger partial charge in [-0.2, -0.15) is 0 Å². The average molecular weight is 249 g/mol. The van der Waals surface area contributed by atoms with Gasteiger partial charge in [0, 0.05) is 13.1 Å². The van der Waals surface area contributed by atoms with Gasteiger partial charge in [-0.05, 0) is 25.2 Å². The molecule has 98 valence electrons. The van der Waals surface area contributed by atoms with E-state index in [4.69, 9.17) is 5.84 Å². The minimum absolute atomic E-state index is 0.0418. The van der Waals surface area contributed by atoms with Crippen molar-refractivity contribution in [1.82, 2.24) is 14.9 Å². The van der Waals surface area contributed by atoms with Crippen LogP contribution in [0, 0.1) is 5.92 Å². The number of nitrogens with zero attached hydrogens (tertiary/aromatic N) is 3. The van der Waals surface area contributed by atoms with Gasteiger partial charge in [0.15, 0.2) is 5.82 Å². The predicted molar refractivity (Wildman–Crippen MR) is 68.8 cm³/mol. The number of anilines is 1. The summed E-state index contributed by atoms with van der Waals surface area (Å²) in [6.45, 7) is 3.68. The van der Waals surface area contributed by atoms with E-state index in [1.807, 2.05) is 4.90 Å². The standard InChI is InChI=1S/C12H19N5O/c1-2-5-17(8-9-3-4-9)12(18)10-6-15-11(16-13)7-14-10/h6-7,9H,2-5,8,13H2,1H3,(H,15,16). The molecule has 1 aromatic rings. The smallest absolute Gasteiger partial charge is 0.274 e. The van der Waals surface area contributed by atoms with Crippen LogP contribution in [0.2, 0.25) is 0 Å². The Hall–Kier alpha value is -1.69. The van der Waals surface area contributed by atoms with Crippen molar-refractivity contribution < 1.29 is 4.79 Å². The van der Waals surface area contributed by atoms with Gasteiger partial charge in [0.2, 0.25) is 0 Å². The number of hydrogen-bond acceptors (Lipinski definition) is 5. The first kappa shape index (κ1) is 12.8. The van der Waals surface area contributed by atoms with Crippen LogP contribution < -0.4 is 11.3 Å². The van der Waals surface area contributed by atoms with Crippen molar-refractivity contribution in [1.29, 1.82) is 0 Å². The number of nitrogens with one attached hydrogen (secondary N) is 1. The molecule has 0 unspecified atom stereocenters. The molecule has 0 radical (unpaired) electrons. The summed E-state index contributed by atoms with van der Waals surface area (Å²) < 4.78 is 0. The maximum atomic E-state index is 12.3. The molecule has 0 saturated heterocycles. The predicted octanol–water partition coefficient (Wildman–Crippen LogP) is 1.02. The number of hydrogen-bond donors (Lipinski definition) is 2. The topological polar surface area (TPSA) is 84.1 Å². The Morgan fingerprint density at radius 2 is 2.28 bits per heavy atom. The first-order chi connectivity index (χ1) is 8.74. The molecule has 6 nitrogen and oxygen atoms in total. The molecule has 0 bridgehead atoms. The summed E-state index contributed by atoms with van der Waals surface area (Å²) in [5, 5.41) is 0. The van der Waals surface area contributed by atoms with Crippen LogP contribution in [0.15, 0.2) is 12.4 Å². The minimum Gasteiger partial charge on any atom is -0.337 e. The second-order valence-corrected chi connectivity index (χ2v) is 4.63. The molecule has 6 heteroatoms. The lowest BCUT2D eigenvalue weighted by molar-refractivity contribution is 0.0741. The van der Waals surface area contributed by atoms with Gasteiger partial charge in [0.1, 0.15) is 5.69 Å². The molecule has 1 aliphatic rings. The molecule has 1 saturated carbocycles. The molecular weight excluding hydrogens is 230 g/mol. The van der Waals surface area contributed by atoms with Crippen molar-refractivity contribution in [3.63, 3.8) is 0 Å². The van der Waals surface area contributed by atoms with E-state index in [2.05, 4.69) is 22.3 Å². The zero-order valence-electron chi connectivity index (χ0n) is 10.6. The van der Waals surface area contributed by atoms with Crippen molar-refractivity contribution in [2.24, 2.45) is 11.8 Å². The summed E-state index contributed by atoms with van der Waals surface area (Å²) in [4.78, 5) is 22.2. The van der Waals surface area contributed by atoms with Crippen LogP contribution >= 0.6 is 0 Å². The molecular formula is C12H19N5O. The molecule has 1 aliphatic carbocycles. The highest BCUT2D eigenvalue weighted by Crippen LogP contribution is 2.30. The zero-order valence-corrected chi connectivity index (χ0v) is 10.6. The number of nitrogen functional groups attached to an aromatic ring is 1. The van der Waals surface area contributed by atoms with E-state index in [0.29, 0.717) is 17.4 Å². The first-order valence-electron chi connectivity index (χ1n) is 6.32. The third-order valence-corrected chi connectivity index (χ3v) is 2.98. The maximum absolute atomic E-state index is 12.3. The fourth-order valence-corrected chi connectivity index (χ4v) is 1.83. The van der Waals surface area contributed by atoms with E-state index in [-0.39, 0.29) is 5.91 Å². The van der Waals surface area contributed by atoms with Crippen LogP contribution in [0.25, 0.3) is 0 Å². The summed E-state index contributed by atoms with van der Waals surface area (Å²) in [6.07, 6.45) is 6.35. The molecule has 18 heavy (non-hydrogen) atoms. The largest absolute Gasteiger partial charge is 0.337 e. The van der Waals surface area contributed by atoms with E-state index < -0.39 is 0 Å². The maximum Gasteiger partial charge on any atom is 0.274 e. The molecule has 0 aromatic carbocycles. The van der Waals surface area contributed by atoms with E-state index in [1.165, 1.54) is 25.2 Å². The normalized spacial score (nSPS) is 14.3. The van der Waals surface area contributed by atoms with Gasteiger partial charge < -0.3 is 10.3 Å². The number of rotatable bonds is 6. The van der Waals surface area contributed by atoms with Crippen molar-refractivity contribution in [3.05, 3.63) is 18.1 Å². The molecule has 0 atom stereocenters. The average Bonchev–Trinajstić information content (AvgIpc) is 3.21. The molecule has 1 amide bonds. The molecule has 0 aliphatic heterocycles. The Kier molecular flexibility index (Phi) is 4.09. The second-order valence-electron chi connectivity index (χ2n) is 4.63. The number of hydrazine groups is 1. The molecule has 2 rings (SSSR count). The van der Waals surface area contributed by atoms with Crippen LogP contribution in [0.5, 0.6) is 0 Å². The highest BCUT2D eigenvalue weighted by atomic mass is 16.2. The summed E-state index contributed by atoms with van der Waals surface area (Å²) in [5.41, 5.74) is 2.77. The molecule has 1 fully saturated rings. The van der Waals surface area contributed by atoms with Crippen molar-refractivity contribution in [2.75, 3.05) is 18.5 Å². The quantitative estimate of drug-likeness (QED) is 0.581. The van der Waals surface area contributed by atoms with Crippen LogP contribution in [0.3, 0.4) is 0 Å². The number of carbonyl (C=O) groups is 1. The Labute approximate surface area is 107 Å². The van der Waals surface area contributed by atoms with Crippen LogP contribution in [0.1, 0.15) is 36.7 Å². The molecule has 0 spiro atoms. The number of nitrogens with two attached hydrogens (primary N) is 1. The molecule has 3 N–H and O–H groups in total. The van der Waals surface area contributed by atoms with Gasteiger partial charge in [-0.15, -0.1) is 0 Å². The number of amides is 1. The Bertz CT molecular complexity index is 401. The van der Waals surface area contributed by atoms with E-state index in [9.17, 15) is 4.79 Å². The van der Waals surface area contributed by atoms with Crippen LogP contribution in [0.4, 0.5) is 5.82 Å². The lowest BCUT2D eigenvalue weighted by Crippen LogP contribution is -2.34. The highest BCUT2D eigenvalue weighted by molar-refractivity contribution is 5.92. The second kappa shape index (κ2) is 5.77. The minimum atomic E-state index is -0.0418. The van der Waals surface area contributed by atoms with Crippen LogP contribution in [-0.2, 0) is 0 Å². The first-order valence-corrected chi connectivity index (χ1v) is 6.32. The number of carbonyl (C=O) groups excluding carboxylic acids is 1. The summed E-state index contributed by atoms with van der Waals surface area (Å²) in [7, 11) is 0. The van der Waals surface area contributed by atoms with Gasteiger partial charge in [-0.1, -0.05) is 6.92 Å². The lowest BCUT2D eigenvalue weighted by atomic mass is 10.3. The van der Waals surface area contributed by atoms with Gasteiger partial charge in [0.25, 0.3) is 5.91 Å². The fraction of sp³-hybridized carbons (Fsp3) is 0.583. The summed E-state index contributed by atoms with van der Waals surface area (Å²) in [6, 6.07) is 0.